The molecular weight excluding hydrogens is 242 g/mol. The molecule has 0 N–H and O–H groups in total. The molecule has 12 heteroatoms. The molecule has 0 atom stereocenters. The second kappa shape index (κ2) is 6.24. The van der Waals surface area contributed by atoms with E-state index in [1.165, 1.54) is 0 Å². The van der Waals surface area contributed by atoms with Crippen LogP contribution in [0.15, 0.2) is 0 Å². The van der Waals surface area contributed by atoms with Crippen LogP contribution in [0.4, 0.5) is 0 Å². The molecule has 12 nitrogen and oxygen atoms in total. The lowest BCUT2D eigenvalue weighted by molar-refractivity contribution is -0.775. The highest BCUT2D eigenvalue weighted by Gasteiger charge is 2.25. The quantitative estimate of drug-likeness (QED) is 0.384. The molecule has 0 spiro atoms. The van der Waals surface area contributed by atoms with Crippen LogP contribution in [0.1, 0.15) is 0 Å². The van der Waals surface area contributed by atoms with Crippen molar-refractivity contribution in [2.75, 3.05) is 27.2 Å². The summed E-state index contributed by atoms with van der Waals surface area (Å²) in [4.78, 5) is 34.8. The molecule has 17 heavy (non-hydrogen) atoms. The fourth-order valence-corrected chi connectivity index (χ4v) is 0.969. The molecule has 0 aromatic rings. The first-order valence-corrected chi connectivity index (χ1v) is 4.26. The maximum absolute atomic E-state index is 10.3. The van der Waals surface area contributed by atoms with Crippen LogP contribution in [-0.2, 0) is 4.84 Å². The number of rotatable bonds is 8. The number of hydrogen-bond acceptors (Lipinski definition) is 7. The highest BCUT2D eigenvalue weighted by molar-refractivity contribution is 4.59. The third-order valence-corrected chi connectivity index (χ3v) is 1.73. The third kappa shape index (κ3) is 5.91. The fraction of sp³-hybridized carbons (Fsp3) is 1.00. The van der Waals surface area contributed by atoms with Crippen LogP contribution in [-0.4, -0.2) is 58.5 Å². The van der Waals surface area contributed by atoms with Gasteiger partial charge in [-0.2, -0.15) is 0 Å². The summed E-state index contributed by atoms with van der Waals surface area (Å²) in [5.74, 6) is 0. The first-order chi connectivity index (χ1) is 7.73. The van der Waals surface area contributed by atoms with Gasteiger partial charge in [0.25, 0.3) is 5.09 Å². The molecule has 0 saturated heterocycles. The minimum absolute atomic E-state index is 0.452. The van der Waals surface area contributed by atoms with E-state index in [1.54, 1.807) is 0 Å². The molecular formula is C5H11N5O7. The van der Waals surface area contributed by atoms with E-state index in [1.807, 2.05) is 0 Å². The van der Waals surface area contributed by atoms with Crippen molar-refractivity contribution < 1.29 is 20.0 Å². The van der Waals surface area contributed by atoms with Crippen LogP contribution in [0, 0.1) is 30.3 Å². The van der Waals surface area contributed by atoms with Crippen molar-refractivity contribution in [2.24, 2.45) is 0 Å². The fourth-order valence-electron chi connectivity index (χ4n) is 0.969. The SMILES string of the molecule is CN(CC(CN(C)[N+](=O)[O-])O[N+](=O)[O-])[N+](=O)[O-]. The summed E-state index contributed by atoms with van der Waals surface area (Å²) >= 11 is 0. The van der Waals surface area contributed by atoms with Crippen LogP contribution < -0.4 is 0 Å². The highest BCUT2D eigenvalue weighted by Crippen LogP contribution is 1.99. The smallest absolute Gasteiger partial charge is 0.294 e. The highest BCUT2D eigenvalue weighted by atomic mass is 17.0. The lowest BCUT2D eigenvalue weighted by Gasteiger charge is -2.18. The molecule has 0 saturated carbocycles. The van der Waals surface area contributed by atoms with Gasteiger partial charge in [-0.15, -0.1) is 20.1 Å². The number of hydrogen-bond donors (Lipinski definition) is 0. The van der Waals surface area contributed by atoms with E-state index < -0.39 is 34.3 Å². The van der Waals surface area contributed by atoms with Gasteiger partial charge in [-0.25, -0.2) is 20.2 Å². The predicted molar refractivity (Wildman–Crippen MR) is 51.1 cm³/mol. The molecule has 0 aliphatic carbocycles. The second-order valence-corrected chi connectivity index (χ2v) is 3.11. The molecule has 98 valence electrons. The largest absolute Gasteiger partial charge is 0.306 e. The van der Waals surface area contributed by atoms with E-state index in [-0.39, 0.29) is 0 Å². The summed E-state index contributed by atoms with van der Waals surface area (Å²) in [6.45, 7) is -0.904. The zero-order valence-electron chi connectivity index (χ0n) is 9.09. The molecule has 0 unspecified atom stereocenters. The van der Waals surface area contributed by atoms with E-state index in [4.69, 9.17) is 0 Å². The second-order valence-electron chi connectivity index (χ2n) is 3.11. The van der Waals surface area contributed by atoms with Crippen molar-refractivity contribution in [3.05, 3.63) is 30.3 Å². The Balaban J connectivity index is 4.48. The van der Waals surface area contributed by atoms with E-state index >= 15 is 0 Å². The van der Waals surface area contributed by atoms with Crippen molar-refractivity contribution in [1.29, 1.82) is 0 Å². The van der Waals surface area contributed by atoms with Crippen molar-refractivity contribution in [3.63, 3.8) is 0 Å². The van der Waals surface area contributed by atoms with Crippen molar-refractivity contribution in [1.82, 2.24) is 10.0 Å². The normalized spacial score (nSPS) is 9.82. The molecule has 0 radical (unpaired) electrons. The summed E-state index contributed by atoms with van der Waals surface area (Å²) in [6, 6.07) is 0. The maximum Gasteiger partial charge on any atom is 0.294 e. The van der Waals surface area contributed by atoms with Crippen LogP contribution >= 0.6 is 0 Å². The molecule has 0 bridgehead atoms. The third-order valence-electron chi connectivity index (χ3n) is 1.73. The lowest BCUT2D eigenvalue weighted by atomic mass is 10.3. The number of nitrogens with zero attached hydrogens (tertiary/aromatic N) is 5. The Labute approximate surface area is 94.7 Å². The molecule has 0 aliphatic heterocycles. The van der Waals surface area contributed by atoms with Gasteiger partial charge in [0.1, 0.15) is 13.1 Å². The average molecular weight is 253 g/mol. The molecule has 0 aromatic heterocycles. The summed E-state index contributed by atoms with van der Waals surface area (Å²) in [7, 11) is 2.14. The van der Waals surface area contributed by atoms with Gasteiger partial charge in [0.2, 0.25) is 0 Å². The Morgan fingerprint density at radius 2 is 1.35 bits per heavy atom. The van der Waals surface area contributed by atoms with Crippen LogP contribution in [0.2, 0.25) is 0 Å². The Morgan fingerprint density at radius 3 is 1.59 bits per heavy atom. The summed E-state index contributed by atoms with van der Waals surface area (Å²) in [6.07, 6.45) is -1.30. The van der Waals surface area contributed by atoms with E-state index in [0.717, 1.165) is 14.1 Å². The summed E-state index contributed by atoms with van der Waals surface area (Å²) in [5.41, 5.74) is 0. The Hall–Kier alpha value is -2.40. The lowest BCUT2D eigenvalue weighted by Crippen LogP contribution is -2.43. The van der Waals surface area contributed by atoms with E-state index in [0.29, 0.717) is 10.0 Å². The van der Waals surface area contributed by atoms with Crippen molar-refractivity contribution in [3.8, 4) is 0 Å². The average Bonchev–Trinajstić information content (AvgIpc) is 2.15. The zero-order valence-corrected chi connectivity index (χ0v) is 9.09. The summed E-state index contributed by atoms with van der Waals surface area (Å²) < 4.78 is 0. The van der Waals surface area contributed by atoms with Crippen molar-refractivity contribution >= 4 is 0 Å². The maximum atomic E-state index is 10.3. The summed E-state index contributed by atoms with van der Waals surface area (Å²) in [5, 5.41) is 29.1. The topological polar surface area (TPSA) is 145 Å². The molecule has 0 fully saturated rings. The van der Waals surface area contributed by atoms with Gasteiger partial charge >= 0.3 is 0 Å². The molecule has 0 rings (SSSR count). The predicted octanol–water partition coefficient (Wildman–Crippen LogP) is -1.19. The monoisotopic (exact) mass is 253 g/mol. The standard InChI is InChI=1S/C5H11N5O7/c1-6(8(11)12)3-5(17-10(15)16)4-7(2)9(13)14/h5H,3-4H2,1-2H3. The zero-order chi connectivity index (χ0) is 13.6. The van der Waals surface area contributed by atoms with Crippen LogP contribution in [0.3, 0.4) is 0 Å². The van der Waals surface area contributed by atoms with Gasteiger partial charge in [-0.3, -0.25) is 0 Å². The van der Waals surface area contributed by atoms with Gasteiger partial charge in [0, 0.05) is 0 Å². The molecule has 0 aliphatic rings. The minimum Gasteiger partial charge on any atom is -0.306 e. The molecule has 0 heterocycles. The van der Waals surface area contributed by atoms with Crippen molar-refractivity contribution in [2.45, 2.75) is 6.10 Å². The Kier molecular flexibility index (Phi) is 5.36. The van der Waals surface area contributed by atoms with Gasteiger partial charge in [-0.1, -0.05) is 0 Å². The number of likely N-dealkylation sites (N-methyl/N-ethyl adjacent to an activating group) is 2. The molecule has 0 aromatic carbocycles. The van der Waals surface area contributed by atoms with Gasteiger partial charge in [-0.05, 0) is 0 Å². The molecule has 0 amide bonds. The van der Waals surface area contributed by atoms with Gasteiger partial charge in [0.15, 0.2) is 16.2 Å². The number of nitro groups is 2. The van der Waals surface area contributed by atoms with Crippen LogP contribution in [0.25, 0.3) is 0 Å². The minimum atomic E-state index is -1.30. The van der Waals surface area contributed by atoms with Gasteiger partial charge in [0.05, 0.1) is 14.1 Å². The number of hydrazine groups is 2. The van der Waals surface area contributed by atoms with Gasteiger partial charge < -0.3 is 4.84 Å². The Bertz CT molecular complexity index is 287. The van der Waals surface area contributed by atoms with E-state index in [2.05, 4.69) is 4.84 Å². The first-order valence-electron chi connectivity index (χ1n) is 4.26. The van der Waals surface area contributed by atoms with Crippen LogP contribution in [0.5, 0.6) is 0 Å². The Morgan fingerprint density at radius 1 is 1.00 bits per heavy atom. The van der Waals surface area contributed by atoms with E-state index in [9.17, 15) is 30.3 Å². The first kappa shape index (κ1) is 14.6.